The van der Waals surface area contributed by atoms with Gasteiger partial charge in [-0.25, -0.2) is 4.99 Å². The van der Waals surface area contributed by atoms with E-state index in [1.165, 1.54) is 12.8 Å². The molecule has 26 heavy (non-hydrogen) atoms. The molecule has 1 aliphatic rings. The van der Waals surface area contributed by atoms with E-state index >= 15 is 0 Å². The monoisotopic (exact) mass is 478 g/mol. The van der Waals surface area contributed by atoms with Gasteiger partial charge in [-0.3, -0.25) is 0 Å². The van der Waals surface area contributed by atoms with Gasteiger partial charge in [-0.1, -0.05) is 13.8 Å². The van der Waals surface area contributed by atoms with E-state index in [1.807, 2.05) is 18.5 Å². The van der Waals surface area contributed by atoms with Gasteiger partial charge in [-0.15, -0.1) is 34.2 Å². The standard InChI is InChI=1S/C18H34N6O.HI/c1-14(2)11-16-7-9-24(13-16)18(19-8-6-10-25-5)20-12-17-22-21-15(3)23(17)4;/h14,16H,6-13H2,1-5H3,(H,19,20);1H. The van der Waals surface area contributed by atoms with Crippen LogP contribution in [0.25, 0.3) is 0 Å². The van der Waals surface area contributed by atoms with E-state index in [9.17, 15) is 0 Å². The van der Waals surface area contributed by atoms with Gasteiger partial charge in [0.1, 0.15) is 12.4 Å². The number of nitrogens with one attached hydrogen (secondary N) is 1. The van der Waals surface area contributed by atoms with E-state index in [2.05, 4.69) is 34.3 Å². The number of aryl methyl sites for hydroxylation is 1. The lowest BCUT2D eigenvalue weighted by molar-refractivity contribution is 0.195. The maximum absolute atomic E-state index is 5.14. The Morgan fingerprint density at radius 1 is 1.38 bits per heavy atom. The second kappa shape index (κ2) is 11.7. The zero-order valence-electron chi connectivity index (χ0n) is 16.9. The number of methoxy groups -OCH3 is 1. The molecule has 1 fully saturated rings. The summed E-state index contributed by atoms with van der Waals surface area (Å²) in [5.41, 5.74) is 0. The van der Waals surface area contributed by atoms with Crippen LogP contribution in [-0.4, -0.2) is 59.0 Å². The van der Waals surface area contributed by atoms with Crippen LogP contribution in [-0.2, 0) is 18.3 Å². The van der Waals surface area contributed by atoms with Gasteiger partial charge in [0, 0.05) is 40.4 Å². The molecule has 8 heteroatoms. The molecule has 0 bridgehead atoms. The average Bonchev–Trinajstić information content (AvgIpc) is 3.15. The number of aliphatic imine (C=N–C) groups is 1. The molecule has 1 aromatic heterocycles. The molecule has 7 nitrogen and oxygen atoms in total. The Labute approximate surface area is 175 Å². The third-order valence-corrected chi connectivity index (χ3v) is 4.75. The lowest BCUT2D eigenvalue weighted by atomic mass is 9.97. The zero-order chi connectivity index (χ0) is 18.2. The Hall–Kier alpha value is -0.900. The molecular formula is C18H35IN6O. The molecule has 150 valence electrons. The molecule has 0 spiro atoms. The lowest BCUT2D eigenvalue weighted by Gasteiger charge is -2.22. The van der Waals surface area contributed by atoms with Gasteiger partial charge in [0.15, 0.2) is 11.8 Å². The number of guanidine groups is 1. The predicted octanol–water partition coefficient (Wildman–Crippen LogP) is 2.59. The molecule has 0 aromatic carbocycles. The number of nitrogens with zero attached hydrogens (tertiary/aromatic N) is 5. The molecule has 0 saturated carbocycles. The minimum atomic E-state index is 0. The second-order valence-corrected chi connectivity index (χ2v) is 7.37. The molecule has 1 aromatic rings. The van der Waals surface area contributed by atoms with Crippen molar-refractivity contribution < 1.29 is 4.74 Å². The first-order chi connectivity index (χ1) is 12.0. The number of rotatable bonds is 8. The van der Waals surface area contributed by atoms with Crippen LogP contribution in [0, 0.1) is 18.8 Å². The first-order valence-corrected chi connectivity index (χ1v) is 9.38. The van der Waals surface area contributed by atoms with E-state index in [0.717, 1.165) is 62.1 Å². The summed E-state index contributed by atoms with van der Waals surface area (Å²) in [4.78, 5) is 7.22. The Morgan fingerprint density at radius 3 is 2.77 bits per heavy atom. The number of likely N-dealkylation sites (tertiary alicyclic amines) is 1. The molecule has 0 amide bonds. The molecule has 2 rings (SSSR count). The highest BCUT2D eigenvalue weighted by molar-refractivity contribution is 14.0. The number of ether oxygens (including phenoxy) is 1. The molecule has 1 atom stereocenters. The van der Waals surface area contributed by atoms with Crippen LogP contribution in [0.4, 0.5) is 0 Å². The van der Waals surface area contributed by atoms with Gasteiger partial charge in [0.05, 0.1) is 0 Å². The molecular weight excluding hydrogens is 443 g/mol. The summed E-state index contributed by atoms with van der Waals surface area (Å²) >= 11 is 0. The number of halogens is 1. The first-order valence-electron chi connectivity index (χ1n) is 9.38. The van der Waals surface area contributed by atoms with Crippen molar-refractivity contribution in [3.63, 3.8) is 0 Å². The van der Waals surface area contributed by atoms with Crippen molar-refractivity contribution in [1.29, 1.82) is 0 Å². The molecule has 2 heterocycles. The maximum Gasteiger partial charge on any atom is 0.194 e. The number of hydrogen-bond donors (Lipinski definition) is 1. The zero-order valence-corrected chi connectivity index (χ0v) is 19.2. The summed E-state index contributed by atoms with van der Waals surface area (Å²) in [5, 5.41) is 11.8. The quantitative estimate of drug-likeness (QED) is 0.269. The molecule has 0 aliphatic carbocycles. The van der Waals surface area contributed by atoms with Crippen LogP contribution in [0.1, 0.15) is 44.8 Å². The van der Waals surface area contributed by atoms with Gasteiger partial charge < -0.3 is 19.5 Å². The van der Waals surface area contributed by atoms with Crippen molar-refractivity contribution in [2.75, 3.05) is 33.4 Å². The average molecular weight is 478 g/mol. The van der Waals surface area contributed by atoms with Crippen LogP contribution >= 0.6 is 24.0 Å². The summed E-state index contributed by atoms with van der Waals surface area (Å²) in [5.74, 6) is 4.32. The van der Waals surface area contributed by atoms with Crippen LogP contribution in [0.3, 0.4) is 0 Å². The van der Waals surface area contributed by atoms with Crippen molar-refractivity contribution in [3.05, 3.63) is 11.6 Å². The Morgan fingerprint density at radius 2 is 2.15 bits per heavy atom. The molecule has 1 N–H and O–H groups in total. The van der Waals surface area contributed by atoms with Crippen LogP contribution in [0.15, 0.2) is 4.99 Å². The van der Waals surface area contributed by atoms with E-state index < -0.39 is 0 Å². The molecule has 1 aliphatic heterocycles. The first kappa shape index (κ1) is 23.1. The summed E-state index contributed by atoms with van der Waals surface area (Å²) in [6, 6.07) is 0. The van der Waals surface area contributed by atoms with E-state index in [0.29, 0.717) is 6.54 Å². The van der Waals surface area contributed by atoms with Crippen molar-refractivity contribution in [2.45, 2.75) is 46.6 Å². The van der Waals surface area contributed by atoms with Crippen molar-refractivity contribution in [2.24, 2.45) is 23.9 Å². The number of aromatic nitrogens is 3. The van der Waals surface area contributed by atoms with E-state index in [-0.39, 0.29) is 24.0 Å². The normalized spacial score (nSPS) is 17.7. The number of hydrogen-bond acceptors (Lipinski definition) is 4. The largest absolute Gasteiger partial charge is 0.385 e. The van der Waals surface area contributed by atoms with Gasteiger partial charge in [-0.2, -0.15) is 0 Å². The van der Waals surface area contributed by atoms with E-state index in [4.69, 9.17) is 9.73 Å². The minimum Gasteiger partial charge on any atom is -0.385 e. The van der Waals surface area contributed by atoms with E-state index in [1.54, 1.807) is 7.11 Å². The summed E-state index contributed by atoms with van der Waals surface area (Å²) in [6.07, 6.45) is 3.51. The maximum atomic E-state index is 5.14. The van der Waals surface area contributed by atoms with Crippen molar-refractivity contribution in [1.82, 2.24) is 25.0 Å². The van der Waals surface area contributed by atoms with Crippen LogP contribution in [0.5, 0.6) is 0 Å². The summed E-state index contributed by atoms with van der Waals surface area (Å²) in [6.45, 7) is 10.9. The lowest BCUT2D eigenvalue weighted by Crippen LogP contribution is -2.41. The fourth-order valence-corrected chi connectivity index (χ4v) is 3.30. The molecule has 0 radical (unpaired) electrons. The SMILES string of the molecule is COCCCNC(=NCc1nnc(C)n1C)N1CCC(CC(C)C)C1.I. The van der Waals surface area contributed by atoms with Crippen molar-refractivity contribution in [3.8, 4) is 0 Å². The molecule has 1 saturated heterocycles. The Bertz CT molecular complexity index is 560. The van der Waals surface area contributed by atoms with Crippen molar-refractivity contribution >= 4 is 29.9 Å². The highest BCUT2D eigenvalue weighted by Gasteiger charge is 2.25. The second-order valence-electron chi connectivity index (χ2n) is 7.37. The van der Waals surface area contributed by atoms with Crippen LogP contribution < -0.4 is 5.32 Å². The summed E-state index contributed by atoms with van der Waals surface area (Å²) in [7, 11) is 3.72. The highest BCUT2D eigenvalue weighted by atomic mass is 127. The minimum absolute atomic E-state index is 0. The fourth-order valence-electron chi connectivity index (χ4n) is 3.30. The van der Waals surface area contributed by atoms with Gasteiger partial charge in [0.25, 0.3) is 0 Å². The predicted molar refractivity (Wildman–Crippen MR) is 116 cm³/mol. The van der Waals surface area contributed by atoms with Crippen LogP contribution in [0.2, 0.25) is 0 Å². The summed E-state index contributed by atoms with van der Waals surface area (Å²) < 4.78 is 7.14. The smallest absolute Gasteiger partial charge is 0.194 e. The van der Waals surface area contributed by atoms with Gasteiger partial charge in [0.2, 0.25) is 0 Å². The Kier molecular flexibility index (Phi) is 10.4. The third kappa shape index (κ3) is 7.02. The fraction of sp³-hybridized carbons (Fsp3) is 0.833. The third-order valence-electron chi connectivity index (χ3n) is 4.75. The van der Waals surface area contributed by atoms with Gasteiger partial charge >= 0.3 is 0 Å². The Balaban J connectivity index is 0.00000338. The highest BCUT2D eigenvalue weighted by Crippen LogP contribution is 2.23. The topological polar surface area (TPSA) is 67.6 Å². The molecule has 1 unspecified atom stereocenters. The van der Waals surface area contributed by atoms with Gasteiger partial charge in [-0.05, 0) is 38.0 Å².